The molecule has 126 valence electrons. The van der Waals surface area contributed by atoms with E-state index in [1.165, 1.54) is 11.1 Å². The van der Waals surface area contributed by atoms with Gasteiger partial charge < -0.3 is 15.0 Å². The second-order valence-electron chi connectivity index (χ2n) is 6.47. The molecule has 0 aromatic carbocycles. The summed E-state index contributed by atoms with van der Waals surface area (Å²) in [6.07, 6.45) is 1.91. The molecule has 2 aromatic heterocycles. The molecule has 2 aromatic rings. The van der Waals surface area contributed by atoms with Crippen LogP contribution in [0.4, 0.5) is 0 Å². The lowest BCUT2D eigenvalue weighted by molar-refractivity contribution is -0.143. The van der Waals surface area contributed by atoms with Crippen LogP contribution in [-0.4, -0.2) is 44.9 Å². The van der Waals surface area contributed by atoms with Crippen molar-refractivity contribution < 1.29 is 14.7 Å². The van der Waals surface area contributed by atoms with Gasteiger partial charge in [0.2, 0.25) is 5.43 Å². The molecular weight excluding hydrogens is 310 g/mol. The van der Waals surface area contributed by atoms with Gasteiger partial charge in [-0.2, -0.15) is 0 Å². The number of nitrogens with one attached hydrogen (secondary N) is 1. The summed E-state index contributed by atoms with van der Waals surface area (Å²) in [5.41, 5.74) is 0.844. The summed E-state index contributed by atoms with van der Waals surface area (Å²) in [4.78, 5) is 45.2. The van der Waals surface area contributed by atoms with E-state index in [9.17, 15) is 19.5 Å². The van der Waals surface area contributed by atoms with E-state index in [1.807, 2.05) is 13.8 Å². The van der Waals surface area contributed by atoms with Gasteiger partial charge >= 0.3 is 5.97 Å². The molecule has 1 saturated heterocycles. The summed E-state index contributed by atoms with van der Waals surface area (Å²) >= 11 is 0. The summed E-state index contributed by atoms with van der Waals surface area (Å²) in [6, 6.07) is 3.36. The number of piperidine rings is 1. The Kier molecular flexibility index (Phi) is 4.09. The molecular formula is C17H19N3O4. The van der Waals surface area contributed by atoms with Crippen molar-refractivity contribution in [2.75, 3.05) is 13.1 Å². The van der Waals surface area contributed by atoms with Gasteiger partial charge in [0, 0.05) is 25.0 Å². The van der Waals surface area contributed by atoms with Crippen molar-refractivity contribution in [3.63, 3.8) is 0 Å². The number of amides is 1. The van der Waals surface area contributed by atoms with Crippen LogP contribution in [0.5, 0.6) is 0 Å². The number of aromatic amines is 1. The summed E-state index contributed by atoms with van der Waals surface area (Å²) in [7, 11) is 0. The zero-order valence-electron chi connectivity index (χ0n) is 13.6. The van der Waals surface area contributed by atoms with Crippen molar-refractivity contribution in [3.05, 3.63) is 39.8 Å². The fourth-order valence-corrected chi connectivity index (χ4v) is 3.23. The van der Waals surface area contributed by atoms with E-state index >= 15 is 0 Å². The van der Waals surface area contributed by atoms with E-state index < -0.39 is 17.8 Å². The zero-order valence-corrected chi connectivity index (χ0v) is 13.6. The third-order valence-corrected chi connectivity index (χ3v) is 4.40. The Labute approximate surface area is 138 Å². The van der Waals surface area contributed by atoms with Crippen LogP contribution in [0, 0.1) is 18.8 Å². The van der Waals surface area contributed by atoms with Crippen LogP contribution in [0.15, 0.2) is 23.1 Å². The number of H-pyrrole nitrogens is 1. The fraction of sp³-hybridized carbons (Fsp3) is 0.412. The standard InChI is InChI=1S/C17H19N3O4/c1-9-5-11(17(23)24)8-20(7-9)16(22)13-6-18-15-12(14(13)21)4-3-10(2)19-15/h3-4,6,9,11H,5,7-8H2,1-2H3,(H,23,24)(H,18,19,21). The minimum atomic E-state index is -0.911. The summed E-state index contributed by atoms with van der Waals surface area (Å²) in [5, 5.41) is 9.59. The highest BCUT2D eigenvalue weighted by atomic mass is 16.4. The first-order valence-electron chi connectivity index (χ1n) is 7.88. The Balaban J connectivity index is 1.96. The number of likely N-dealkylation sites (tertiary alicyclic amines) is 1. The van der Waals surface area contributed by atoms with Gasteiger partial charge in [0.15, 0.2) is 0 Å². The van der Waals surface area contributed by atoms with Gasteiger partial charge in [0.1, 0.15) is 11.2 Å². The molecule has 2 N–H and O–H groups in total. The van der Waals surface area contributed by atoms with Crippen molar-refractivity contribution in [1.82, 2.24) is 14.9 Å². The third kappa shape index (κ3) is 2.89. The molecule has 24 heavy (non-hydrogen) atoms. The first kappa shape index (κ1) is 16.2. The van der Waals surface area contributed by atoms with E-state index in [4.69, 9.17) is 0 Å². The number of carboxylic acid groups (broad SMARTS) is 1. The van der Waals surface area contributed by atoms with Gasteiger partial charge in [-0.25, -0.2) is 4.98 Å². The van der Waals surface area contributed by atoms with Crippen LogP contribution in [0.2, 0.25) is 0 Å². The largest absolute Gasteiger partial charge is 0.481 e. The number of hydrogen-bond acceptors (Lipinski definition) is 4. The second-order valence-corrected chi connectivity index (χ2v) is 6.47. The van der Waals surface area contributed by atoms with Gasteiger partial charge in [-0.15, -0.1) is 0 Å². The predicted octanol–water partition coefficient (Wildman–Crippen LogP) is 1.41. The van der Waals surface area contributed by atoms with E-state index in [0.29, 0.717) is 24.0 Å². The highest BCUT2D eigenvalue weighted by Crippen LogP contribution is 2.23. The van der Waals surface area contributed by atoms with Crippen LogP contribution in [0.3, 0.4) is 0 Å². The molecule has 1 fully saturated rings. The fourth-order valence-electron chi connectivity index (χ4n) is 3.23. The molecule has 1 amide bonds. The van der Waals surface area contributed by atoms with Gasteiger partial charge in [-0.05, 0) is 31.4 Å². The van der Waals surface area contributed by atoms with Crippen molar-refractivity contribution in [3.8, 4) is 0 Å². The number of rotatable bonds is 2. The van der Waals surface area contributed by atoms with Crippen LogP contribution >= 0.6 is 0 Å². The summed E-state index contributed by atoms with van der Waals surface area (Å²) in [5.74, 6) is -1.86. The molecule has 7 nitrogen and oxygen atoms in total. The summed E-state index contributed by atoms with van der Waals surface area (Å²) < 4.78 is 0. The van der Waals surface area contributed by atoms with E-state index in [2.05, 4.69) is 9.97 Å². The van der Waals surface area contributed by atoms with Gasteiger partial charge in [0.25, 0.3) is 5.91 Å². The Morgan fingerprint density at radius 2 is 2.08 bits per heavy atom. The number of pyridine rings is 2. The number of nitrogens with zero attached hydrogens (tertiary/aromatic N) is 2. The van der Waals surface area contributed by atoms with Crippen LogP contribution in [0.1, 0.15) is 29.4 Å². The molecule has 3 rings (SSSR count). The molecule has 1 aliphatic rings. The molecule has 3 heterocycles. The SMILES string of the molecule is Cc1ccc2c(=O)c(C(=O)N3CC(C)CC(C(=O)O)C3)c[nH]c2n1. The number of carbonyl (C=O) groups is 2. The van der Waals surface area contributed by atoms with Crippen molar-refractivity contribution in [1.29, 1.82) is 0 Å². The maximum atomic E-state index is 12.7. The molecule has 0 bridgehead atoms. The molecule has 2 unspecified atom stereocenters. The number of fused-ring (bicyclic) bond motifs is 1. The number of aryl methyl sites for hydroxylation is 1. The molecule has 0 radical (unpaired) electrons. The lowest BCUT2D eigenvalue weighted by Crippen LogP contribution is -2.46. The Hall–Kier alpha value is -2.70. The van der Waals surface area contributed by atoms with Crippen molar-refractivity contribution >= 4 is 22.9 Å². The second kappa shape index (κ2) is 6.07. The first-order valence-corrected chi connectivity index (χ1v) is 7.88. The topological polar surface area (TPSA) is 103 Å². The highest BCUT2D eigenvalue weighted by molar-refractivity contribution is 5.97. The molecule has 7 heteroatoms. The number of carbonyl (C=O) groups excluding carboxylic acids is 1. The molecule has 0 saturated carbocycles. The minimum Gasteiger partial charge on any atom is -0.481 e. The Morgan fingerprint density at radius 3 is 2.79 bits per heavy atom. The van der Waals surface area contributed by atoms with E-state index in [-0.39, 0.29) is 23.5 Å². The molecule has 0 spiro atoms. The first-order chi connectivity index (χ1) is 11.4. The smallest absolute Gasteiger partial charge is 0.308 e. The average Bonchev–Trinajstić information content (AvgIpc) is 2.53. The van der Waals surface area contributed by atoms with Gasteiger partial charge in [-0.1, -0.05) is 6.92 Å². The molecule has 1 aliphatic heterocycles. The van der Waals surface area contributed by atoms with E-state index in [1.54, 1.807) is 12.1 Å². The maximum absolute atomic E-state index is 12.7. The highest BCUT2D eigenvalue weighted by Gasteiger charge is 2.33. The molecule has 0 aliphatic carbocycles. The van der Waals surface area contributed by atoms with Crippen LogP contribution in [0.25, 0.3) is 11.0 Å². The monoisotopic (exact) mass is 329 g/mol. The number of carboxylic acids is 1. The summed E-state index contributed by atoms with van der Waals surface area (Å²) in [6.45, 7) is 4.30. The predicted molar refractivity (Wildman–Crippen MR) is 87.9 cm³/mol. The zero-order chi connectivity index (χ0) is 17.4. The van der Waals surface area contributed by atoms with Gasteiger partial charge in [0.05, 0.1) is 11.3 Å². The lowest BCUT2D eigenvalue weighted by atomic mass is 9.90. The van der Waals surface area contributed by atoms with E-state index in [0.717, 1.165) is 5.69 Å². The number of aliphatic carboxylic acids is 1. The Morgan fingerprint density at radius 1 is 1.33 bits per heavy atom. The van der Waals surface area contributed by atoms with Crippen LogP contribution < -0.4 is 5.43 Å². The van der Waals surface area contributed by atoms with Gasteiger partial charge in [-0.3, -0.25) is 14.4 Å². The quantitative estimate of drug-likeness (QED) is 0.867. The molecule has 2 atom stereocenters. The number of aromatic nitrogens is 2. The average molecular weight is 329 g/mol. The third-order valence-electron chi connectivity index (χ3n) is 4.40. The van der Waals surface area contributed by atoms with Crippen LogP contribution in [-0.2, 0) is 4.79 Å². The maximum Gasteiger partial charge on any atom is 0.308 e. The normalized spacial score (nSPS) is 21.0. The lowest BCUT2D eigenvalue weighted by Gasteiger charge is -2.34. The minimum absolute atomic E-state index is 0.0198. The van der Waals surface area contributed by atoms with Crippen molar-refractivity contribution in [2.24, 2.45) is 11.8 Å². The van der Waals surface area contributed by atoms with Crippen molar-refractivity contribution in [2.45, 2.75) is 20.3 Å². The Bertz CT molecular complexity index is 874. The number of hydrogen-bond donors (Lipinski definition) is 2.